The number of amides is 1. The van der Waals surface area contributed by atoms with Gasteiger partial charge in [-0.25, -0.2) is 9.37 Å². The Hall–Kier alpha value is -2.45. The number of halogens is 2. The maximum atomic E-state index is 13.3. The SMILES string of the molecule is Cn1ccc2c(Nc3ccc(F)cc3Br)ncc(C(=O)N3CCOCC3)c21. The van der Waals surface area contributed by atoms with Crippen LogP contribution in [0.2, 0.25) is 0 Å². The fourth-order valence-electron chi connectivity index (χ4n) is 3.23. The van der Waals surface area contributed by atoms with Gasteiger partial charge in [0, 0.05) is 42.4 Å². The molecule has 27 heavy (non-hydrogen) atoms. The van der Waals surface area contributed by atoms with Crippen molar-refractivity contribution < 1.29 is 13.9 Å². The molecule has 2 aromatic heterocycles. The van der Waals surface area contributed by atoms with E-state index in [0.717, 1.165) is 10.9 Å². The maximum Gasteiger partial charge on any atom is 0.257 e. The molecule has 0 unspecified atom stereocenters. The molecule has 0 spiro atoms. The Labute approximate surface area is 164 Å². The second-order valence-electron chi connectivity index (χ2n) is 6.36. The molecule has 0 radical (unpaired) electrons. The van der Waals surface area contributed by atoms with E-state index in [9.17, 15) is 9.18 Å². The summed E-state index contributed by atoms with van der Waals surface area (Å²) in [6, 6.07) is 6.33. The summed E-state index contributed by atoms with van der Waals surface area (Å²) in [5.74, 6) is 0.236. The van der Waals surface area contributed by atoms with Crippen molar-refractivity contribution in [3.8, 4) is 0 Å². The van der Waals surface area contributed by atoms with Gasteiger partial charge in [-0.1, -0.05) is 0 Å². The number of nitrogens with zero attached hydrogens (tertiary/aromatic N) is 3. The topological polar surface area (TPSA) is 59.4 Å². The molecule has 0 bridgehead atoms. The highest BCUT2D eigenvalue weighted by Gasteiger charge is 2.23. The van der Waals surface area contributed by atoms with Gasteiger partial charge in [0.1, 0.15) is 11.6 Å². The summed E-state index contributed by atoms with van der Waals surface area (Å²) in [6.07, 6.45) is 3.49. The Kier molecular flexibility index (Phi) is 4.84. The maximum absolute atomic E-state index is 13.3. The molecule has 1 saturated heterocycles. The summed E-state index contributed by atoms with van der Waals surface area (Å²) >= 11 is 3.36. The van der Waals surface area contributed by atoms with E-state index < -0.39 is 0 Å². The third-order valence-corrected chi connectivity index (χ3v) is 5.27. The molecule has 8 heteroatoms. The van der Waals surface area contributed by atoms with E-state index in [4.69, 9.17) is 4.74 Å². The molecule has 6 nitrogen and oxygen atoms in total. The van der Waals surface area contributed by atoms with Crippen LogP contribution < -0.4 is 5.32 Å². The Bertz CT molecular complexity index is 1010. The zero-order valence-corrected chi connectivity index (χ0v) is 16.3. The number of aryl methyl sites for hydroxylation is 1. The standard InChI is InChI=1S/C19H18BrFN4O2/c1-24-5-4-13-17(24)14(19(26)25-6-8-27-9-7-25)11-22-18(13)23-16-3-2-12(21)10-15(16)20/h2-5,10-11H,6-9H2,1H3,(H,22,23). The van der Waals surface area contributed by atoms with Crippen molar-refractivity contribution in [2.75, 3.05) is 31.6 Å². The lowest BCUT2D eigenvalue weighted by Crippen LogP contribution is -2.40. The predicted octanol–water partition coefficient (Wildman–Crippen LogP) is 3.69. The molecular weight excluding hydrogens is 415 g/mol. The molecule has 140 valence electrons. The second-order valence-corrected chi connectivity index (χ2v) is 7.22. The Balaban J connectivity index is 1.73. The number of rotatable bonds is 3. The Morgan fingerprint density at radius 2 is 2.07 bits per heavy atom. The molecule has 1 amide bonds. The smallest absolute Gasteiger partial charge is 0.257 e. The lowest BCUT2D eigenvalue weighted by atomic mass is 10.1. The quantitative estimate of drug-likeness (QED) is 0.685. The van der Waals surface area contributed by atoms with E-state index in [2.05, 4.69) is 26.2 Å². The number of carbonyl (C=O) groups excluding carboxylic acids is 1. The molecule has 1 aliphatic rings. The lowest BCUT2D eigenvalue weighted by molar-refractivity contribution is 0.0303. The van der Waals surface area contributed by atoms with Gasteiger partial charge in [0.05, 0.1) is 30.0 Å². The van der Waals surface area contributed by atoms with E-state index in [1.807, 2.05) is 23.9 Å². The zero-order chi connectivity index (χ0) is 19.0. The lowest BCUT2D eigenvalue weighted by Gasteiger charge is -2.27. The number of carbonyl (C=O) groups is 1. The number of benzene rings is 1. The van der Waals surface area contributed by atoms with Crippen molar-refractivity contribution >= 4 is 44.2 Å². The van der Waals surface area contributed by atoms with E-state index in [1.165, 1.54) is 12.1 Å². The predicted molar refractivity (Wildman–Crippen MR) is 105 cm³/mol. The van der Waals surface area contributed by atoms with Crippen LogP contribution in [0.5, 0.6) is 0 Å². The van der Waals surface area contributed by atoms with Crippen molar-refractivity contribution in [3.05, 3.63) is 52.5 Å². The van der Waals surface area contributed by atoms with Gasteiger partial charge in [-0.2, -0.15) is 0 Å². The molecule has 0 atom stereocenters. The first-order chi connectivity index (χ1) is 13.0. The average molecular weight is 433 g/mol. The normalized spacial score (nSPS) is 14.6. The molecule has 3 aromatic rings. The van der Waals surface area contributed by atoms with Gasteiger partial charge in [0.2, 0.25) is 0 Å². The first kappa shape index (κ1) is 17.9. The summed E-state index contributed by atoms with van der Waals surface area (Å²) in [5.41, 5.74) is 2.06. The minimum absolute atomic E-state index is 0.0490. The number of ether oxygens (including phenoxy) is 1. The molecule has 0 aliphatic carbocycles. The van der Waals surface area contributed by atoms with Gasteiger partial charge in [-0.05, 0) is 40.2 Å². The van der Waals surface area contributed by atoms with Gasteiger partial charge in [-0.3, -0.25) is 4.79 Å². The third kappa shape index (κ3) is 3.42. The number of hydrogen-bond donors (Lipinski definition) is 1. The number of nitrogens with one attached hydrogen (secondary N) is 1. The third-order valence-electron chi connectivity index (χ3n) is 4.62. The van der Waals surface area contributed by atoms with Crippen LogP contribution in [0.1, 0.15) is 10.4 Å². The van der Waals surface area contributed by atoms with Gasteiger partial charge >= 0.3 is 0 Å². The largest absolute Gasteiger partial charge is 0.378 e. The molecule has 4 rings (SSSR count). The minimum atomic E-state index is -0.323. The van der Waals surface area contributed by atoms with E-state index in [1.54, 1.807) is 17.2 Å². The van der Waals surface area contributed by atoms with Crippen molar-refractivity contribution in [3.63, 3.8) is 0 Å². The fraction of sp³-hybridized carbons (Fsp3) is 0.263. The molecule has 0 saturated carbocycles. The van der Waals surface area contributed by atoms with Crippen molar-refractivity contribution in [2.45, 2.75) is 0 Å². The van der Waals surface area contributed by atoms with Crippen LogP contribution in [0.15, 0.2) is 41.1 Å². The van der Waals surface area contributed by atoms with E-state index in [0.29, 0.717) is 47.8 Å². The number of pyridine rings is 1. The van der Waals surface area contributed by atoms with Gasteiger partial charge in [0.15, 0.2) is 0 Å². The van der Waals surface area contributed by atoms with Crippen LogP contribution >= 0.6 is 15.9 Å². The highest BCUT2D eigenvalue weighted by molar-refractivity contribution is 9.10. The molecule has 1 aliphatic heterocycles. The summed E-state index contributed by atoms with van der Waals surface area (Å²) in [7, 11) is 1.90. The van der Waals surface area contributed by atoms with Gasteiger partial charge < -0.3 is 19.5 Å². The van der Waals surface area contributed by atoms with Crippen LogP contribution in [0, 0.1) is 5.82 Å². The monoisotopic (exact) mass is 432 g/mol. The summed E-state index contributed by atoms with van der Waals surface area (Å²) < 4.78 is 21.2. The van der Waals surface area contributed by atoms with Crippen molar-refractivity contribution in [2.24, 2.45) is 7.05 Å². The average Bonchev–Trinajstić information content (AvgIpc) is 3.07. The molecule has 3 heterocycles. The van der Waals surface area contributed by atoms with Gasteiger partial charge in [-0.15, -0.1) is 0 Å². The van der Waals surface area contributed by atoms with E-state index >= 15 is 0 Å². The summed E-state index contributed by atoms with van der Waals surface area (Å²) in [6.45, 7) is 2.25. The number of anilines is 2. The van der Waals surface area contributed by atoms with Gasteiger partial charge in [0.25, 0.3) is 5.91 Å². The number of aromatic nitrogens is 2. The second kappa shape index (κ2) is 7.28. The molecule has 1 N–H and O–H groups in total. The van der Waals surface area contributed by atoms with Crippen LogP contribution in [-0.4, -0.2) is 46.7 Å². The zero-order valence-electron chi connectivity index (χ0n) is 14.7. The Morgan fingerprint density at radius 1 is 1.30 bits per heavy atom. The molecule has 1 aromatic carbocycles. The highest BCUT2D eigenvalue weighted by Crippen LogP contribution is 2.31. The van der Waals surface area contributed by atoms with Crippen LogP contribution in [0.4, 0.5) is 15.9 Å². The Morgan fingerprint density at radius 3 is 2.81 bits per heavy atom. The highest BCUT2D eigenvalue weighted by atomic mass is 79.9. The van der Waals surface area contributed by atoms with Crippen molar-refractivity contribution in [1.29, 1.82) is 0 Å². The molecule has 1 fully saturated rings. The first-order valence-corrected chi connectivity index (χ1v) is 9.37. The fourth-order valence-corrected chi connectivity index (χ4v) is 3.68. The number of hydrogen-bond acceptors (Lipinski definition) is 4. The van der Waals surface area contributed by atoms with E-state index in [-0.39, 0.29) is 11.7 Å². The summed E-state index contributed by atoms with van der Waals surface area (Å²) in [5, 5.41) is 4.05. The van der Waals surface area contributed by atoms with Crippen LogP contribution in [0.25, 0.3) is 10.9 Å². The minimum Gasteiger partial charge on any atom is -0.378 e. The first-order valence-electron chi connectivity index (χ1n) is 8.58. The number of fused-ring (bicyclic) bond motifs is 1. The van der Waals surface area contributed by atoms with Crippen LogP contribution in [0.3, 0.4) is 0 Å². The number of morpholine rings is 1. The molecular formula is C19H18BrFN4O2. The van der Waals surface area contributed by atoms with Crippen molar-refractivity contribution in [1.82, 2.24) is 14.5 Å². The van der Waals surface area contributed by atoms with Crippen LogP contribution in [-0.2, 0) is 11.8 Å². The summed E-state index contributed by atoms with van der Waals surface area (Å²) in [4.78, 5) is 19.2.